The second kappa shape index (κ2) is 14.3. The molecule has 50 heavy (non-hydrogen) atoms. The molecular formula is C37H44INO11. The van der Waals surface area contributed by atoms with Crippen molar-refractivity contribution in [3.05, 3.63) is 64.4 Å². The third-order valence-electron chi connectivity index (χ3n) is 9.54. The van der Waals surface area contributed by atoms with E-state index in [2.05, 4.69) is 29.5 Å². The number of benzene rings is 2. The van der Waals surface area contributed by atoms with Gasteiger partial charge < -0.3 is 46.9 Å². The molecule has 12 nitrogen and oxygen atoms in total. The molecule has 0 radical (unpaired) electrons. The molecule has 0 amide bonds. The third-order valence-corrected chi connectivity index (χ3v) is 10.7. The lowest BCUT2D eigenvalue weighted by molar-refractivity contribution is -0.150. The van der Waals surface area contributed by atoms with Gasteiger partial charge in [0.2, 0.25) is 5.43 Å². The van der Waals surface area contributed by atoms with E-state index in [1.54, 1.807) is 32.9 Å². The Morgan fingerprint density at radius 1 is 0.920 bits per heavy atom. The highest BCUT2D eigenvalue weighted by Crippen LogP contribution is 2.50. The number of methoxy groups -OCH3 is 5. The zero-order valence-corrected chi connectivity index (χ0v) is 32.1. The molecule has 6 rings (SSSR count). The largest absolute Gasteiger partial charge is 0.496 e. The zero-order valence-electron chi connectivity index (χ0n) is 29.9. The van der Waals surface area contributed by atoms with Crippen LogP contribution in [0.3, 0.4) is 0 Å². The number of fused-ring (bicyclic) bond motifs is 5. The van der Waals surface area contributed by atoms with Crippen LogP contribution in [0.15, 0.2) is 26.1 Å². The second-order valence-electron chi connectivity index (χ2n) is 13.0. The number of aryl methyl sites for hydroxylation is 2. The molecule has 0 saturated carbocycles. The molecule has 270 valence electrons. The van der Waals surface area contributed by atoms with Gasteiger partial charge in [-0.25, -0.2) is 0 Å². The van der Waals surface area contributed by atoms with E-state index in [9.17, 15) is 9.59 Å². The fraction of sp³-hybridized carbons (Fsp3) is 0.514. The number of hydrogen-bond acceptors (Lipinski definition) is 11. The number of halogens is 1. The van der Waals surface area contributed by atoms with Crippen LogP contribution in [0.1, 0.15) is 74.0 Å². The maximum absolute atomic E-state index is 14.5. The molecule has 0 unspecified atom stereocenters. The quantitative estimate of drug-likeness (QED) is 0.119. The molecule has 2 aliphatic rings. The number of ether oxygens (including phenoxy) is 8. The molecule has 3 heterocycles. The highest BCUT2D eigenvalue weighted by atomic mass is 127. The van der Waals surface area contributed by atoms with Gasteiger partial charge in [-0.3, -0.25) is 9.59 Å². The van der Waals surface area contributed by atoms with Crippen molar-refractivity contribution in [2.24, 2.45) is 7.05 Å². The van der Waals surface area contributed by atoms with Crippen LogP contribution in [0, 0.1) is 3.57 Å². The van der Waals surface area contributed by atoms with E-state index < -0.39 is 24.1 Å². The second-order valence-corrected chi connectivity index (χ2v) is 14.1. The number of aromatic nitrogens is 1. The molecule has 2 aromatic heterocycles. The molecule has 0 spiro atoms. The predicted octanol–water partition coefficient (Wildman–Crippen LogP) is 6.28. The van der Waals surface area contributed by atoms with Crippen molar-refractivity contribution in [1.29, 1.82) is 0 Å². The summed E-state index contributed by atoms with van der Waals surface area (Å²) in [5.74, 6) is 1.30. The summed E-state index contributed by atoms with van der Waals surface area (Å²) < 4.78 is 56.4. The Balaban J connectivity index is 1.51. The Morgan fingerprint density at radius 2 is 1.64 bits per heavy atom. The van der Waals surface area contributed by atoms with Gasteiger partial charge in [-0.15, -0.1) is 0 Å². The molecule has 1 aliphatic carbocycles. The average Bonchev–Trinajstić information content (AvgIpc) is 3.41. The first-order valence-electron chi connectivity index (χ1n) is 16.6. The van der Waals surface area contributed by atoms with Crippen LogP contribution in [0.25, 0.3) is 21.7 Å². The highest BCUT2D eigenvalue weighted by molar-refractivity contribution is 14.1. The van der Waals surface area contributed by atoms with E-state index in [0.717, 1.165) is 33.2 Å². The van der Waals surface area contributed by atoms with Gasteiger partial charge in [0.15, 0.2) is 17.1 Å². The van der Waals surface area contributed by atoms with Crippen LogP contribution in [-0.4, -0.2) is 58.8 Å². The smallest absolute Gasteiger partial charge is 0.262 e. The molecule has 1 fully saturated rings. The Kier molecular flexibility index (Phi) is 10.4. The average molecular weight is 806 g/mol. The maximum Gasteiger partial charge on any atom is 0.262 e. The minimum absolute atomic E-state index is 0.00426. The van der Waals surface area contributed by atoms with Crippen LogP contribution in [0.4, 0.5) is 0 Å². The summed E-state index contributed by atoms with van der Waals surface area (Å²) in [6.07, 6.45) is 1.28. The van der Waals surface area contributed by atoms with Gasteiger partial charge in [-0.2, -0.15) is 0 Å². The Labute approximate surface area is 304 Å². The van der Waals surface area contributed by atoms with E-state index in [1.807, 2.05) is 26.0 Å². The number of pyridine rings is 1. The number of hydrogen-bond donors (Lipinski definition) is 0. The van der Waals surface area contributed by atoms with Crippen molar-refractivity contribution >= 4 is 44.3 Å². The molecule has 4 aromatic rings. The van der Waals surface area contributed by atoms with Crippen molar-refractivity contribution in [1.82, 2.24) is 4.57 Å². The summed E-state index contributed by atoms with van der Waals surface area (Å²) in [7, 11) is 9.57. The molecular weight excluding hydrogens is 761 g/mol. The van der Waals surface area contributed by atoms with E-state index in [1.165, 1.54) is 14.2 Å². The third kappa shape index (κ3) is 6.04. The van der Waals surface area contributed by atoms with Crippen LogP contribution in [-0.2, 0) is 45.3 Å². The molecule has 13 heteroatoms. The van der Waals surface area contributed by atoms with Crippen LogP contribution in [0.2, 0.25) is 0 Å². The van der Waals surface area contributed by atoms with Crippen molar-refractivity contribution in [2.75, 3.05) is 42.3 Å². The standard InChI is InChI=1S/C37H44INO11/c1-10-11-19-15-21-25(36(41)39(19)4)34(46-9)28(38)20(31(21)45-8)13-12-18-14-22(43-6)26-29(40)27-32(48-35(26)30(18)44-7)23(47-17-42-5)16-24-33(27)50-37(2,3)49-24/h14-15,23-24,33H,10-13,16-17H2,1-9H3/t23-,24-,33-/m1/s1. The molecule has 2 aromatic carbocycles. The highest BCUT2D eigenvalue weighted by Gasteiger charge is 2.50. The minimum Gasteiger partial charge on any atom is -0.496 e. The molecule has 0 bridgehead atoms. The summed E-state index contributed by atoms with van der Waals surface area (Å²) in [6, 6.07) is 3.83. The Bertz CT molecular complexity index is 2070. The zero-order chi connectivity index (χ0) is 36.1. The van der Waals surface area contributed by atoms with Crippen molar-refractivity contribution in [3.8, 4) is 23.0 Å². The van der Waals surface area contributed by atoms with Crippen molar-refractivity contribution in [3.63, 3.8) is 0 Å². The summed E-state index contributed by atoms with van der Waals surface area (Å²) in [5.41, 5.74) is 2.68. The molecule has 1 aliphatic heterocycles. The van der Waals surface area contributed by atoms with Gasteiger partial charge in [0.1, 0.15) is 47.4 Å². The van der Waals surface area contributed by atoms with Gasteiger partial charge in [-0.05, 0) is 67.8 Å². The fourth-order valence-corrected chi connectivity index (χ4v) is 8.40. The molecule has 1 saturated heterocycles. The summed E-state index contributed by atoms with van der Waals surface area (Å²) >= 11 is 2.22. The molecule has 3 atom stereocenters. The van der Waals surface area contributed by atoms with Crippen molar-refractivity contribution < 1.29 is 42.3 Å². The van der Waals surface area contributed by atoms with Gasteiger partial charge in [0, 0.05) is 42.8 Å². The summed E-state index contributed by atoms with van der Waals surface area (Å²) in [4.78, 5) is 28.1. The lowest BCUT2D eigenvalue weighted by Crippen LogP contribution is -2.32. The van der Waals surface area contributed by atoms with Gasteiger partial charge in [0.05, 0.1) is 49.1 Å². The lowest BCUT2D eigenvalue weighted by Gasteiger charge is -2.30. The van der Waals surface area contributed by atoms with Gasteiger partial charge >= 0.3 is 0 Å². The summed E-state index contributed by atoms with van der Waals surface area (Å²) in [6.45, 7) is 5.71. The lowest BCUT2D eigenvalue weighted by atomic mass is 9.88. The van der Waals surface area contributed by atoms with E-state index >= 15 is 0 Å². The minimum atomic E-state index is -0.899. The Morgan fingerprint density at radius 3 is 2.28 bits per heavy atom. The van der Waals surface area contributed by atoms with Crippen LogP contribution in [0.5, 0.6) is 23.0 Å². The van der Waals surface area contributed by atoms with E-state index in [0.29, 0.717) is 64.4 Å². The first-order chi connectivity index (χ1) is 23.9. The fourth-order valence-electron chi connectivity index (χ4n) is 7.39. The SMILES string of the molecule is CCCc1cc2c(OC)c(CCc3cc(OC)c4c(=O)c5c(oc4c3OC)[C@H](OCOC)C[C@H]3OC(C)(C)O[C@@H]53)c(I)c(OC)c2c(=O)n1C. The van der Waals surface area contributed by atoms with Gasteiger partial charge in [-0.1, -0.05) is 13.3 Å². The van der Waals surface area contributed by atoms with E-state index in [-0.39, 0.29) is 28.8 Å². The normalized spacial score (nSPS) is 19.4. The molecule has 0 N–H and O–H groups in total. The van der Waals surface area contributed by atoms with Crippen molar-refractivity contribution in [2.45, 2.75) is 77.0 Å². The first-order valence-corrected chi connectivity index (χ1v) is 17.7. The summed E-state index contributed by atoms with van der Waals surface area (Å²) in [5, 5.41) is 1.42. The number of rotatable bonds is 12. The maximum atomic E-state index is 14.5. The monoisotopic (exact) mass is 805 g/mol. The van der Waals surface area contributed by atoms with Crippen LogP contribution >= 0.6 is 22.6 Å². The topological polar surface area (TPSA) is 126 Å². The van der Waals surface area contributed by atoms with Crippen LogP contribution < -0.4 is 29.9 Å². The predicted molar refractivity (Wildman–Crippen MR) is 195 cm³/mol. The first kappa shape index (κ1) is 36.4. The number of nitrogens with zero attached hydrogens (tertiary/aromatic N) is 1. The van der Waals surface area contributed by atoms with Gasteiger partial charge in [0.25, 0.3) is 5.56 Å². The Hall–Kier alpha value is -3.37. The van der Waals surface area contributed by atoms with E-state index in [4.69, 9.17) is 42.3 Å².